The van der Waals surface area contributed by atoms with E-state index in [0.717, 1.165) is 66.8 Å². The van der Waals surface area contributed by atoms with Gasteiger partial charge in [0.1, 0.15) is 11.5 Å². The molecule has 0 aliphatic carbocycles. The highest BCUT2D eigenvalue weighted by atomic mass is 16.5. The lowest BCUT2D eigenvalue weighted by molar-refractivity contribution is -0.148. The molecule has 0 aliphatic heterocycles. The highest BCUT2D eigenvalue weighted by molar-refractivity contribution is 5.99. The highest BCUT2D eigenvalue weighted by Crippen LogP contribution is 2.48. The molecule has 0 saturated heterocycles. The average molecular weight is 539 g/mol. The molecule has 2 aromatic rings. The fourth-order valence-corrected chi connectivity index (χ4v) is 6.55. The smallest absolute Gasteiger partial charge is 0.317 e. The van der Waals surface area contributed by atoms with Crippen LogP contribution >= 0.6 is 0 Å². The molecule has 0 spiro atoms. The van der Waals surface area contributed by atoms with Crippen molar-refractivity contribution in [3.63, 3.8) is 0 Å². The Hall–Kier alpha value is -2.36. The summed E-state index contributed by atoms with van der Waals surface area (Å²) in [5.74, 6) is 1.46. The minimum absolute atomic E-state index is 0.183. The third-order valence-corrected chi connectivity index (χ3v) is 9.40. The molecule has 2 rings (SSSR count). The van der Waals surface area contributed by atoms with Crippen LogP contribution in [0.1, 0.15) is 131 Å². The fourth-order valence-electron chi connectivity index (χ4n) is 6.55. The Morgan fingerprint density at radius 2 is 1.10 bits per heavy atom. The molecule has 0 aromatic heterocycles. The number of carbonyl (C=O) groups excluding carboxylic acids is 2. The molecule has 0 N–H and O–H groups in total. The number of esters is 2. The molecule has 0 bridgehead atoms. The van der Waals surface area contributed by atoms with Gasteiger partial charge in [0.25, 0.3) is 0 Å². The van der Waals surface area contributed by atoms with Crippen LogP contribution in [0.25, 0.3) is 10.8 Å². The summed E-state index contributed by atoms with van der Waals surface area (Å²) in [7, 11) is 0. The molecule has 1 unspecified atom stereocenters. The topological polar surface area (TPSA) is 52.6 Å². The van der Waals surface area contributed by atoms with Gasteiger partial charge in [0.05, 0.1) is 10.8 Å². The summed E-state index contributed by atoms with van der Waals surface area (Å²) < 4.78 is 12.8. The van der Waals surface area contributed by atoms with E-state index in [9.17, 15) is 9.59 Å². The quantitative estimate of drug-likeness (QED) is 0.177. The zero-order chi connectivity index (χ0) is 29.5. The number of fused-ring (bicyclic) bond motifs is 1. The van der Waals surface area contributed by atoms with Crippen LogP contribution in [-0.2, 0) is 9.59 Å². The lowest BCUT2D eigenvalue weighted by atomic mass is 9.75. The summed E-state index contributed by atoms with van der Waals surface area (Å²) in [5, 5.41) is 1.63. The van der Waals surface area contributed by atoms with Gasteiger partial charge in [-0.05, 0) is 70.8 Å². The number of ether oxygens (including phenoxy) is 2. The van der Waals surface area contributed by atoms with Crippen molar-refractivity contribution in [1.29, 1.82) is 0 Å². The van der Waals surface area contributed by atoms with Gasteiger partial charge in [0.2, 0.25) is 0 Å². The van der Waals surface area contributed by atoms with E-state index in [-0.39, 0.29) is 29.7 Å². The molecule has 0 radical (unpaired) electrons. The van der Waals surface area contributed by atoms with Crippen molar-refractivity contribution in [2.45, 2.75) is 127 Å². The first kappa shape index (κ1) is 32.8. The Labute approximate surface area is 238 Å². The van der Waals surface area contributed by atoms with Crippen molar-refractivity contribution in [2.75, 3.05) is 0 Å². The molecule has 0 fully saturated rings. The Bertz CT molecular complexity index is 1120. The van der Waals surface area contributed by atoms with Crippen LogP contribution in [0.5, 0.6) is 11.5 Å². The predicted octanol–water partition coefficient (Wildman–Crippen LogP) is 10.2. The van der Waals surface area contributed by atoms with Gasteiger partial charge in [-0.25, -0.2) is 0 Å². The molecular formula is C35H54O4. The van der Waals surface area contributed by atoms with Gasteiger partial charge in [-0.3, -0.25) is 9.59 Å². The normalized spacial score (nSPS) is 13.3. The van der Waals surface area contributed by atoms with Gasteiger partial charge in [0, 0.05) is 16.3 Å². The summed E-state index contributed by atoms with van der Waals surface area (Å²) in [6, 6.07) is 7.88. The molecule has 0 aliphatic rings. The number of carbonyl (C=O) groups is 2. The molecule has 0 saturated carbocycles. The molecule has 2 aromatic carbocycles. The molecule has 218 valence electrons. The van der Waals surface area contributed by atoms with E-state index in [1.54, 1.807) is 0 Å². The standard InChI is InChI=1S/C35H54O4/c1-12-20-24(13-2)29-23(7)30(38-32(36)34(8,9)25(14-3)15-4)27-21-18-19-22-28(27)31(29)39-33(37)35(10,11)26(16-5)17-6/h18-19,21-22,24-26H,12-17,20H2,1-11H3. The van der Waals surface area contributed by atoms with E-state index < -0.39 is 10.8 Å². The molecule has 4 heteroatoms. The number of hydrogen-bond acceptors (Lipinski definition) is 4. The first-order valence-corrected chi connectivity index (χ1v) is 15.4. The monoisotopic (exact) mass is 538 g/mol. The van der Waals surface area contributed by atoms with Crippen molar-refractivity contribution < 1.29 is 19.1 Å². The van der Waals surface area contributed by atoms with Crippen molar-refractivity contribution in [3.05, 3.63) is 35.4 Å². The Kier molecular flexibility index (Phi) is 11.6. The van der Waals surface area contributed by atoms with E-state index >= 15 is 0 Å². The van der Waals surface area contributed by atoms with Gasteiger partial charge in [-0.2, -0.15) is 0 Å². The minimum Gasteiger partial charge on any atom is -0.425 e. The Morgan fingerprint density at radius 1 is 0.692 bits per heavy atom. The van der Waals surface area contributed by atoms with Gasteiger partial charge < -0.3 is 9.47 Å². The van der Waals surface area contributed by atoms with Crippen LogP contribution in [0.15, 0.2) is 24.3 Å². The van der Waals surface area contributed by atoms with Crippen LogP contribution in [0.2, 0.25) is 0 Å². The third kappa shape index (κ3) is 6.69. The van der Waals surface area contributed by atoms with Crippen molar-refractivity contribution in [2.24, 2.45) is 22.7 Å². The molecule has 39 heavy (non-hydrogen) atoms. The maximum Gasteiger partial charge on any atom is 0.317 e. The fraction of sp³-hybridized carbons (Fsp3) is 0.657. The van der Waals surface area contributed by atoms with E-state index in [4.69, 9.17) is 9.47 Å². The van der Waals surface area contributed by atoms with Crippen LogP contribution in [0, 0.1) is 29.6 Å². The van der Waals surface area contributed by atoms with E-state index in [1.165, 1.54) is 0 Å². The summed E-state index contributed by atoms with van der Waals surface area (Å²) in [5.41, 5.74) is 0.655. The maximum absolute atomic E-state index is 13.8. The summed E-state index contributed by atoms with van der Waals surface area (Å²) in [6.45, 7) is 22.9. The van der Waals surface area contributed by atoms with Crippen LogP contribution in [0.3, 0.4) is 0 Å². The van der Waals surface area contributed by atoms with E-state index in [1.807, 2.05) is 58.9 Å². The highest BCUT2D eigenvalue weighted by Gasteiger charge is 2.39. The molecule has 0 amide bonds. The Balaban J connectivity index is 2.81. The molecule has 0 heterocycles. The van der Waals surface area contributed by atoms with Crippen molar-refractivity contribution in [3.8, 4) is 11.5 Å². The molecular weight excluding hydrogens is 484 g/mol. The van der Waals surface area contributed by atoms with Crippen LogP contribution in [0.4, 0.5) is 0 Å². The second-order valence-electron chi connectivity index (χ2n) is 12.4. The second-order valence-corrected chi connectivity index (χ2v) is 12.4. The maximum atomic E-state index is 13.8. The average Bonchev–Trinajstić information content (AvgIpc) is 2.90. The zero-order valence-corrected chi connectivity index (χ0v) is 26.6. The Morgan fingerprint density at radius 3 is 1.49 bits per heavy atom. The second kappa shape index (κ2) is 13.8. The molecule has 1 atom stereocenters. The summed E-state index contributed by atoms with van der Waals surface area (Å²) in [4.78, 5) is 27.5. The number of hydrogen-bond donors (Lipinski definition) is 0. The van der Waals surface area contributed by atoms with Gasteiger partial charge >= 0.3 is 11.9 Å². The van der Waals surface area contributed by atoms with E-state index in [2.05, 4.69) is 41.5 Å². The lowest BCUT2D eigenvalue weighted by Gasteiger charge is -2.33. The van der Waals surface area contributed by atoms with Gasteiger partial charge in [-0.15, -0.1) is 0 Å². The largest absolute Gasteiger partial charge is 0.425 e. The van der Waals surface area contributed by atoms with Gasteiger partial charge in [-0.1, -0.05) is 97.9 Å². The first-order valence-electron chi connectivity index (χ1n) is 15.4. The van der Waals surface area contributed by atoms with Crippen LogP contribution in [-0.4, -0.2) is 11.9 Å². The minimum atomic E-state index is -0.618. The third-order valence-electron chi connectivity index (χ3n) is 9.40. The van der Waals surface area contributed by atoms with Crippen LogP contribution < -0.4 is 9.47 Å². The summed E-state index contributed by atoms with van der Waals surface area (Å²) >= 11 is 0. The van der Waals surface area contributed by atoms with E-state index in [0.29, 0.717) is 11.5 Å². The van der Waals surface area contributed by atoms with Crippen molar-refractivity contribution in [1.82, 2.24) is 0 Å². The number of benzene rings is 2. The first-order chi connectivity index (χ1) is 18.4. The van der Waals surface area contributed by atoms with Crippen molar-refractivity contribution >= 4 is 22.7 Å². The SMILES string of the molecule is CCCC(CC)c1c(C)c(OC(=O)C(C)(C)C(CC)CC)c2ccccc2c1OC(=O)C(C)(C)C(CC)CC. The molecule has 4 nitrogen and oxygen atoms in total. The predicted molar refractivity (Wildman–Crippen MR) is 164 cm³/mol. The van der Waals surface area contributed by atoms with Gasteiger partial charge in [0.15, 0.2) is 0 Å². The number of rotatable bonds is 14. The summed E-state index contributed by atoms with van der Waals surface area (Å²) in [6.07, 6.45) is 6.54. The zero-order valence-electron chi connectivity index (χ0n) is 26.6. The lowest BCUT2D eigenvalue weighted by Crippen LogP contribution is -2.36.